The van der Waals surface area contributed by atoms with Crippen molar-refractivity contribution in [1.82, 2.24) is 29.5 Å². The van der Waals surface area contributed by atoms with Crippen molar-refractivity contribution in [3.63, 3.8) is 0 Å². The first kappa shape index (κ1) is 24.8. The van der Waals surface area contributed by atoms with E-state index in [1.807, 2.05) is 18.3 Å². The number of rotatable bonds is 6. The van der Waals surface area contributed by atoms with Gasteiger partial charge in [-0.2, -0.15) is 10.1 Å². The Morgan fingerprint density at radius 2 is 1.97 bits per heavy atom. The van der Waals surface area contributed by atoms with Crippen molar-refractivity contribution in [2.45, 2.75) is 44.2 Å². The summed E-state index contributed by atoms with van der Waals surface area (Å²) in [5.74, 6) is 0.101. The maximum Gasteiger partial charge on any atom is 0.522 e. The number of alkyl halides is 3. The average molecular weight is 537 g/mol. The van der Waals surface area contributed by atoms with E-state index in [0.717, 1.165) is 16.5 Å². The maximum atomic E-state index is 12.9. The molecule has 1 saturated carbocycles. The lowest BCUT2D eigenvalue weighted by atomic mass is 9.93. The molecule has 39 heavy (non-hydrogen) atoms. The summed E-state index contributed by atoms with van der Waals surface area (Å²) in [6.07, 6.45) is 6.27. The number of aromatic amines is 1. The molecule has 1 aliphatic carbocycles. The van der Waals surface area contributed by atoms with Crippen LogP contribution in [0.5, 0.6) is 0 Å². The first-order valence-electron chi connectivity index (χ1n) is 12.4. The largest absolute Gasteiger partial charge is 0.522 e. The van der Waals surface area contributed by atoms with E-state index in [4.69, 9.17) is 0 Å². The zero-order chi connectivity index (χ0) is 27.0. The molecule has 0 radical (unpaired) electrons. The van der Waals surface area contributed by atoms with Gasteiger partial charge in [0.1, 0.15) is 5.65 Å². The van der Waals surface area contributed by atoms with Crippen LogP contribution in [-0.4, -0.2) is 54.0 Å². The number of pyridine rings is 2. The molecule has 0 spiro atoms. The first-order valence-corrected chi connectivity index (χ1v) is 12.4. The number of fused-ring (bicyclic) bond motifs is 2. The van der Waals surface area contributed by atoms with Crippen LogP contribution in [0.25, 0.3) is 27.7 Å². The molecule has 1 aliphatic rings. The lowest BCUT2D eigenvalue weighted by Crippen LogP contribution is -2.33. The van der Waals surface area contributed by atoms with Crippen molar-refractivity contribution in [2.24, 2.45) is 0 Å². The summed E-state index contributed by atoms with van der Waals surface area (Å²) < 4.78 is 43.2. The van der Waals surface area contributed by atoms with Crippen molar-refractivity contribution in [1.29, 1.82) is 0 Å². The van der Waals surface area contributed by atoms with Crippen molar-refractivity contribution >= 4 is 34.1 Å². The summed E-state index contributed by atoms with van der Waals surface area (Å²) in [5.41, 5.74) is 3.94. The van der Waals surface area contributed by atoms with Gasteiger partial charge in [-0.05, 0) is 55.5 Å². The van der Waals surface area contributed by atoms with Crippen LogP contribution in [0, 0.1) is 0 Å². The summed E-state index contributed by atoms with van der Waals surface area (Å²) in [6, 6.07) is 7.22. The van der Waals surface area contributed by atoms with Crippen LogP contribution in [0.4, 0.5) is 24.8 Å². The van der Waals surface area contributed by atoms with Crippen molar-refractivity contribution < 1.29 is 22.7 Å². The number of hydrogen-bond acceptors (Lipinski definition) is 7. The van der Waals surface area contributed by atoms with Gasteiger partial charge in [0.05, 0.1) is 35.3 Å². The van der Waals surface area contributed by atoms with Gasteiger partial charge in [0, 0.05) is 41.8 Å². The Kier molecular flexibility index (Phi) is 6.35. The number of amides is 1. The molecule has 5 aromatic heterocycles. The molecule has 1 fully saturated rings. The number of nitrogens with zero attached hydrogens (tertiary/aromatic N) is 5. The number of carbonyl (C=O) groups excluding carboxylic acids is 1. The lowest BCUT2D eigenvalue weighted by Gasteiger charge is -2.29. The Hall–Kier alpha value is -4.52. The molecule has 0 saturated heterocycles. The number of halogens is 3. The lowest BCUT2D eigenvalue weighted by molar-refractivity contribution is -0.345. The molecule has 0 aliphatic heterocycles. The molecule has 0 aromatic carbocycles. The van der Waals surface area contributed by atoms with Gasteiger partial charge in [-0.15, -0.1) is 13.2 Å². The topological polar surface area (TPSA) is 122 Å². The molecule has 5 heterocycles. The predicted molar refractivity (Wildman–Crippen MR) is 137 cm³/mol. The summed E-state index contributed by atoms with van der Waals surface area (Å²) >= 11 is 0. The number of aromatic nitrogens is 6. The van der Waals surface area contributed by atoms with E-state index in [-0.39, 0.29) is 11.9 Å². The molecule has 0 atom stereocenters. The third-order valence-corrected chi connectivity index (χ3v) is 6.74. The van der Waals surface area contributed by atoms with Crippen molar-refractivity contribution in [3.05, 3.63) is 67.0 Å². The molecule has 3 N–H and O–H groups in total. The van der Waals surface area contributed by atoms with Gasteiger partial charge in [0.2, 0.25) is 5.95 Å². The Morgan fingerprint density at radius 3 is 2.74 bits per heavy atom. The zero-order valence-corrected chi connectivity index (χ0v) is 20.4. The summed E-state index contributed by atoms with van der Waals surface area (Å²) in [4.78, 5) is 29.1. The third-order valence-electron chi connectivity index (χ3n) is 6.74. The number of nitrogens with one attached hydrogen (secondary N) is 3. The zero-order valence-electron chi connectivity index (χ0n) is 20.4. The summed E-state index contributed by atoms with van der Waals surface area (Å²) in [5, 5.41) is 11.1. The van der Waals surface area contributed by atoms with Crippen LogP contribution in [0.2, 0.25) is 0 Å². The maximum absolute atomic E-state index is 12.9. The van der Waals surface area contributed by atoms with Gasteiger partial charge >= 0.3 is 6.36 Å². The normalized spacial score (nSPS) is 17.9. The van der Waals surface area contributed by atoms with E-state index in [0.29, 0.717) is 54.0 Å². The number of ether oxygens (including phenoxy) is 1. The van der Waals surface area contributed by atoms with Crippen LogP contribution < -0.4 is 10.6 Å². The Balaban J connectivity index is 1.19. The van der Waals surface area contributed by atoms with E-state index in [2.05, 4.69) is 40.4 Å². The quantitative estimate of drug-likeness (QED) is 0.273. The highest BCUT2D eigenvalue weighted by Gasteiger charge is 2.35. The summed E-state index contributed by atoms with van der Waals surface area (Å²) in [6.45, 7) is 0. The molecule has 5 aromatic rings. The Labute approximate surface area is 219 Å². The van der Waals surface area contributed by atoms with Crippen LogP contribution in [-0.2, 0) is 4.74 Å². The Morgan fingerprint density at radius 1 is 1.13 bits per heavy atom. The molecule has 0 unspecified atom stereocenters. The van der Waals surface area contributed by atoms with Crippen molar-refractivity contribution in [3.8, 4) is 11.1 Å². The third kappa shape index (κ3) is 5.39. The average Bonchev–Trinajstić information content (AvgIpc) is 3.53. The van der Waals surface area contributed by atoms with E-state index in [1.54, 1.807) is 41.4 Å². The van der Waals surface area contributed by atoms with Crippen molar-refractivity contribution in [2.75, 3.05) is 10.6 Å². The van der Waals surface area contributed by atoms with Crippen LogP contribution in [0.1, 0.15) is 36.0 Å². The molecule has 10 nitrogen and oxygen atoms in total. The van der Waals surface area contributed by atoms with Gasteiger partial charge < -0.3 is 15.6 Å². The second-order valence-corrected chi connectivity index (χ2v) is 9.34. The molecule has 1 amide bonds. The fourth-order valence-electron chi connectivity index (χ4n) is 4.87. The first-order chi connectivity index (χ1) is 18.8. The van der Waals surface area contributed by atoms with Gasteiger partial charge in [-0.3, -0.25) is 14.5 Å². The van der Waals surface area contributed by atoms with E-state index < -0.39 is 12.5 Å². The van der Waals surface area contributed by atoms with Gasteiger partial charge in [-0.1, -0.05) is 0 Å². The Bertz CT molecular complexity index is 1630. The van der Waals surface area contributed by atoms with Gasteiger partial charge in [0.15, 0.2) is 0 Å². The number of H-pyrrole nitrogens is 1. The highest BCUT2D eigenvalue weighted by molar-refractivity contribution is 6.09. The molecule has 200 valence electrons. The second-order valence-electron chi connectivity index (χ2n) is 9.34. The standard InChI is InChI=1S/C26H23F3N8O2/c27-26(28,29)39-18-5-3-16(4-6-18)35-25-32-13-20-19(12-31-23(20)36-25)15-7-9-37-22(10-15)21(14-33-37)24(38)34-17-2-1-8-30-11-17/h1-2,7-14,16,18H,3-6H2,(H,34,38)(H2,31,32,35,36). The SMILES string of the molecule is O=C(Nc1cccnc1)c1cnn2ccc(-c3c[nH]c4nc(NC5CCC(OC(F)(F)F)CC5)ncc34)cc12. The highest BCUT2D eigenvalue weighted by atomic mass is 19.4. The van der Waals surface area contributed by atoms with E-state index in [1.165, 1.54) is 6.20 Å². The van der Waals surface area contributed by atoms with Crippen LogP contribution in [0.15, 0.2) is 61.4 Å². The van der Waals surface area contributed by atoms with Crippen LogP contribution in [0.3, 0.4) is 0 Å². The molecular weight excluding hydrogens is 513 g/mol. The minimum atomic E-state index is -4.61. The molecule has 0 bridgehead atoms. The number of anilines is 2. The molecule has 13 heteroatoms. The minimum Gasteiger partial charge on any atom is -0.351 e. The van der Waals surface area contributed by atoms with E-state index in [9.17, 15) is 18.0 Å². The monoisotopic (exact) mass is 536 g/mol. The fraction of sp³-hybridized carbons (Fsp3) is 0.269. The van der Waals surface area contributed by atoms with E-state index >= 15 is 0 Å². The summed E-state index contributed by atoms with van der Waals surface area (Å²) in [7, 11) is 0. The molecule has 6 rings (SSSR count). The number of carbonyl (C=O) groups is 1. The second kappa shape index (κ2) is 9.98. The van der Waals surface area contributed by atoms with Gasteiger partial charge in [0.25, 0.3) is 5.91 Å². The predicted octanol–water partition coefficient (Wildman–Crippen LogP) is 5.18. The smallest absolute Gasteiger partial charge is 0.351 e. The molecular formula is C26H23F3N8O2. The fourth-order valence-corrected chi connectivity index (χ4v) is 4.87. The minimum absolute atomic E-state index is 0.0366. The van der Waals surface area contributed by atoms with Gasteiger partial charge in [-0.25, -0.2) is 9.50 Å². The highest BCUT2D eigenvalue weighted by Crippen LogP contribution is 2.31. The number of hydrogen-bond donors (Lipinski definition) is 3. The van der Waals surface area contributed by atoms with Crippen LogP contribution >= 0.6 is 0 Å².